The zero-order valence-electron chi connectivity index (χ0n) is 10.8. The number of nitrogens with one attached hydrogen (secondary N) is 1. The number of anilines is 2. The molecule has 2 aromatic rings. The Balaban J connectivity index is 2.17. The zero-order chi connectivity index (χ0) is 13.8. The van der Waals surface area contributed by atoms with Gasteiger partial charge in [0.1, 0.15) is 5.75 Å². The van der Waals surface area contributed by atoms with Gasteiger partial charge in [0.15, 0.2) is 0 Å². The highest BCUT2D eigenvalue weighted by molar-refractivity contribution is 6.04. The van der Waals surface area contributed by atoms with Crippen LogP contribution in [0, 0.1) is 6.92 Å². The average molecular weight is 257 g/mol. The number of hydrogen-bond acceptors (Lipinski definition) is 4. The Hall–Kier alpha value is -2.56. The molecule has 1 heterocycles. The molecule has 0 aliphatic rings. The van der Waals surface area contributed by atoms with Gasteiger partial charge in [-0.15, -0.1) is 0 Å². The van der Waals surface area contributed by atoms with Crippen LogP contribution < -0.4 is 15.8 Å². The molecule has 2 rings (SSSR count). The minimum Gasteiger partial charge on any atom is -0.495 e. The van der Waals surface area contributed by atoms with Crippen LogP contribution in [-0.4, -0.2) is 18.0 Å². The van der Waals surface area contributed by atoms with Crippen molar-refractivity contribution in [3.05, 3.63) is 47.8 Å². The van der Waals surface area contributed by atoms with Crippen molar-refractivity contribution in [2.24, 2.45) is 0 Å². The number of ether oxygens (including phenoxy) is 1. The Morgan fingerprint density at radius 3 is 2.74 bits per heavy atom. The van der Waals surface area contributed by atoms with Gasteiger partial charge in [0.2, 0.25) is 0 Å². The summed E-state index contributed by atoms with van der Waals surface area (Å²) >= 11 is 0. The van der Waals surface area contributed by atoms with Crippen molar-refractivity contribution >= 4 is 17.3 Å². The first kappa shape index (κ1) is 12.9. The summed E-state index contributed by atoms with van der Waals surface area (Å²) in [6, 6.07) is 8.60. The normalized spacial score (nSPS) is 10.0. The molecule has 3 N–H and O–H groups in total. The van der Waals surface area contributed by atoms with Crippen LogP contribution in [0.4, 0.5) is 11.4 Å². The number of carbonyl (C=O) groups excluding carboxylic acids is 1. The molecule has 98 valence electrons. The average Bonchev–Trinajstić information content (AvgIpc) is 2.41. The highest BCUT2D eigenvalue weighted by atomic mass is 16.5. The third-order valence-electron chi connectivity index (χ3n) is 2.66. The van der Waals surface area contributed by atoms with Gasteiger partial charge < -0.3 is 15.8 Å². The van der Waals surface area contributed by atoms with Crippen molar-refractivity contribution in [3.8, 4) is 5.75 Å². The summed E-state index contributed by atoms with van der Waals surface area (Å²) in [5, 5.41) is 2.77. The van der Waals surface area contributed by atoms with Gasteiger partial charge in [0, 0.05) is 23.6 Å². The van der Waals surface area contributed by atoms with Gasteiger partial charge in [-0.05, 0) is 31.2 Å². The van der Waals surface area contributed by atoms with Gasteiger partial charge in [0.25, 0.3) is 5.91 Å². The van der Waals surface area contributed by atoms with E-state index < -0.39 is 0 Å². The molecule has 5 heteroatoms. The van der Waals surface area contributed by atoms with E-state index in [0.29, 0.717) is 22.7 Å². The first-order chi connectivity index (χ1) is 9.10. The molecular formula is C14H15N3O2. The standard InChI is InChI=1S/C14H15N3O2/c1-9-3-4-10(8-16-9)14(18)17-11-5-6-12(15)13(7-11)19-2/h3-8H,15H2,1-2H3,(H,17,18). The Morgan fingerprint density at radius 1 is 1.32 bits per heavy atom. The minimum absolute atomic E-state index is 0.223. The van der Waals surface area contributed by atoms with E-state index in [0.717, 1.165) is 5.69 Å². The van der Waals surface area contributed by atoms with Crippen LogP contribution in [0.1, 0.15) is 16.1 Å². The molecule has 0 fully saturated rings. The van der Waals surface area contributed by atoms with Gasteiger partial charge >= 0.3 is 0 Å². The van der Waals surface area contributed by atoms with Crippen LogP contribution >= 0.6 is 0 Å². The molecule has 19 heavy (non-hydrogen) atoms. The smallest absolute Gasteiger partial charge is 0.257 e. The second-order valence-electron chi connectivity index (χ2n) is 4.10. The van der Waals surface area contributed by atoms with Crippen LogP contribution in [-0.2, 0) is 0 Å². The molecule has 0 unspecified atom stereocenters. The molecular weight excluding hydrogens is 242 g/mol. The number of nitrogens with zero attached hydrogens (tertiary/aromatic N) is 1. The summed E-state index contributed by atoms with van der Waals surface area (Å²) in [6.07, 6.45) is 1.54. The largest absolute Gasteiger partial charge is 0.495 e. The van der Waals surface area contributed by atoms with E-state index in [-0.39, 0.29) is 5.91 Å². The molecule has 1 amide bonds. The first-order valence-corrected chi connectivity index (χ1v) is 5.77. The lowest BCUT2D eigenvalue weighted by molar-refractivity contribution is 0.102. The molecule has 0 atom stereocenters. The second kappa shape index (κ2) is 5.39. The Labute approximate surface area is 111 Å². The van der Waals surface area contributed by atoms with E-state index >= 15 is 0 Å². The van der Waals surface area contributed by atoms with E-state index in [1.165, 1.54) is 7.11 Å². The number of aromatic nitrogens is 1. The number of rotatable bonds is 3. The first-order valence-electron chi connectivity index (χ1n) is 5.77. The van der Waals surface area contributed by atoms with Crippen molar-refractivity contribution in [2.45, 2.75) is 6.92 Å². The number of pyridine rings is 1. The summed E-state index contributed by atoms with van der Waals surface area (Å²) in [4.78, 5) is 16.1. The lowest BCUT2D eigenvalue weighted by atomic mass is 10.2. The number of nitrogens with two attached hydrogens (primary N) is 1. The van der Waals surface area contributed by atoms with Crippen LogP contribution in [0.5, 0.6) is 5.75 Å². The SMILES string of the molecule is COc1cc(NC(=O)c2ccc(C)nc2)ccc1N. The predicted octanol–water partition coefficient (Wildman–Crippen LogP) is 2.23. The molecule has 1 aromatic heterocycles. The van der Waals surface area contributed by atoms with E-state index in [4.69, 9.17) is 10.5 Å². The van der Waals surface area contributed by atoms with Crippen LogP contribution in [0.3, 0.4) is 0 Å². The van der Waals surface area contributed by atoms with Crippen LogP contribution in [0.2, 0.25) is 0 Å². The number of nitrogen functional groups attached to an aromatic ring is 1. The van der Waals surface area contributed by atoms with Crippen molar-refractivity contribution < 1.29 is 9.53 Å². The molecule has 0 aliphatic carbocycles. The lowest BCUT2D eigenvalue weighted by Crippen LogP contribution is -2.12. The fraction of sp³-hybridized carbons (Fsp3) is 0.143. The fourth-order valence-corrected chi connectivity index (χ4v) is 1.59. The predicted molar refractivity (Wildman–Crippen MR) is 74.3 cm³/mol. The third kappa shape index (κ3) is 3.01. The maximum atomic E-state index is 12.0. The van der Waals surface area contributed by atoms with E-state index in [1.54, 1.807) is 36.5 Å². The monoisotopic (exact) mass is 257 g/mol. The molecule has 0 saturated heterocycles. The third-order valence-corrected chi connectivity index (χ3v) is 2.66. The summed E-state index contributed by atoms with van der Waals surface area (Å²) < 4.78 is 5.10. The number of aryl methyl sites for hydroxylation is 1. The van der Waals surface area contributed by atoms with Crippen LogP contribution in [0.15, 0.2) is 36.5 Å². The van der Waals surface area contributed by atoms with E-state index in [9.17, 15) is 4.79 Å². The molecule has 0 spiro atoms. The van der Waals surface area contributed by atoms with Crippen LogP contribution in [0.25, 0.3) is 0 Å². The number of benzene rings is 1. The minimum atomic E-state index is -0.223. The van der Waals surface area contributed by atoms with E-state index in [1.807, 2.05) is 6.92 Å². The van der Waals surface area contributed by atoms with E-state index in [2.05, 4.69) is 10.3 Å². The van der Waals surface area contributed by atoms with Gasteiger partial charge in [-0.3, -0.25) is 9.78 Å². The Morgan fingerprint density at radius 2 is 2.11 bits per heavy atom. The van der Waals surface area contributed by atoms with Gasteiger partial charge in [0.05, 0.1) is 18.4 Å². The molecule has 0 bridgehead atoms. The quantitative estimate of drug-likeness (QED) is 0.827. The number of amides is 1. The lowest BCUT2D eigenvalue weighted by Gasteiger charge is -2.09. The molecule has 5 nitrogen and oxygen atoms in total. The Bertz CT molecular complexity index is 594. The number of hydrogen-bond donors (Lipinski definition) is 2. The zero-order valence-corrected chi connectivity index (χ0v) is 10.8. The summed E-state index contributed by atoms with van der Waals surface area (Å²) in [5.41, 5.74) is 8.23. The maximum Gasteiger partial charge on any atom is 0.257 e. The number of methoxy groups -OCH3 is 1. The topological polar surface area (TPSA) is 77.2 Å². The summed E-state index contributed by atoms with van der Waals surface area (Å²) in [6.45, 7) is 1.87. The van der Waals surface area contributed by atoms with Gasteiger partial charge in [-0.1, -0.05) is 0 Å². The summed E-state index contributed by atoms with van der Waals surface area (Å²) in [5.74, 6) is 0.305. The highest BCUT2D eigenvalue weighted by Crippen LogP contribution is 2.25. The molecule has 0 saturated carbocycles. The maximum absolute atomic E-state index is 12.0. The summed E-state index contributed by atoms with van der Waals surface area (Å²) in [7, 11) is 1.53. The Kier molecular flexibility index (Phi) is 3.66. The van der Waals surface area contributed by atoms with Crippen molar-refractivity contribution in [2.75, 3.05) is 18.2 Å². The second-order valence-corrected chi connectivity index (χ2v) is 4.10. The molecule has 0 radical (unpaired) electrons. The highest BCUT2D eigenvalue weighted by Gasteiger charge is 2.08. The van der Waals surface area contributed by atoms with Crippen molar-refractivity contribution in [3.63, 3.8) is 0 Å². The molecule has 1 aromatic carbocycles. The number of carbonyl (C=O) groups is 1. The molecule has 0 aliphatic heterocycles. The van der Waals surface area contributed by atoms with Crippen molar-refractivity contribution in [1.29, 1.82) is 0 Å². The van der Waals surface area contributed by atoms with Gasteiger partial charge in [-0.2, -0.15) is 0 Å². The fourth-order valence-electron chi connectivity index (χ4n) is 1.59. The van der Waals surface area contributed by atoms with Crippen molar-refractivity contribution in [1.82, 2.24) is 4.98 Å². The van der Waals surface area contributed by atoms with Gasteiger partial charge in [-0.25, -0.2) is 0 Å².